The molecular formula is C16H21N3O3. The third-order valence-electron chi connectivity index (χ3n) is 4.07. The summed E-state index contributed by atoms with van der Waals surface area (Å²) >= 11 is 0. The molecule has 0 saturated carbocycles. The molecule has 2 fully saturated rings. The first kappa shape index (κ1) is 14.8. The number of carbonyl (C=O) groups is 2. The third kappa shape index (κ3) is 3.06. The molecule has 0 aliphatic carbocycles. The number of amides is 3. The lowest BCUT2D eigenvalue weighted by Gasteiger charge is -2.21. The van der Waals surface area contributed by atoms with Gasteiger partial charge < -0.3 is 10.2 Å². The third-order valence-corrected chi connectivity index (χ3v) is 4.07. The van der Waals surface area contributed by atoms with Crippen molar-refractivity contribution in [3.8, 4) is 0 Å². The second-order valence-electron chi connectivity index (χ2n) is 5.70. The van der Waals surface area contributed by atoms with Crippen LogP contribution in [-0.2, 0) is 9.63 Å². The van der Waals surface area contributed by atoms with Crippen molar-refractivity contribution in [3.05, 3.63) is 29.8 Å². The van der Waals surface area contributed by atoms with Gasteiger partial charge in [-0.15, -0.1) is 0 Å². The number of carbonyl (C=O) groups excluding carboxylic acids is 2. The van der Waals surface area contributed by atoms with Crippen LogP contribution >= 0.6 is 0 Å². The summed E-state index contributed by atoms with van der Waals surface area (Å²) in [6.45, 7) is 3.92. The minimum Gasteiger partial charge on any atom is -0.330 e. The Balaban J connectivity index is 1.68. The lowest BCUT2D eigenvalue weighted by molar-refractivity contribution is -0.117. The summed E-state index contributed by atoms with van der Waals surface area (Å²) in [5.41, 5.74) is 1.88. The predicted molar refractivity (Wildman–Crippen MR) is 82.3 cm³/mol. The topological polar surface area (TPSA) is 61.9 Å². The number of rotatable bonds is 3. The number of benzene rings is 1. The smallest absolute Gasteiger partial charge is 0.330 e. The van der Waals surface area contributed by atoms with Crippen molar-refractivity contribution in [1.82, 2.24) is 10.4 Å². The van der Waals surface area contributed by atoms with Crippen LogP contribution in [0.5, 0.6) is 0 Å². The molecule has 1 aromatic carbocycles. The monoisotopic (exact) mass is 303 g/mol. The van der Waals surface area contributed by atoms with E-state index in [-0.39, 0.29) is 18.0 Å². The molecule has 1 unspecified atom stereocenters. The van der Waals surface area contributed by atoms with Crippen LogP contribution in [-0.4, -0.2) is 36.7 Å². The van der Waals surface area contributed by atoms with Gasteiger partial charge in [0, 0.05) is 18.7 Å². The Morgan fingerprint density at radius 3 is 2.86 bits per heavy atom. The van der Waals surface area contributed by atoms with Gasteiger partial charge in [0.2, 0.25) is 5.91 Å². The van der Waals surface area contributed by atoms with Crippen molar-refractivity contribution in [2.75, 3.05) is 24.6 Å². The van der Waals surface area contributed by atoms with Crippen molar-refractivity contribution in [2.45, 2.75) is 32.2 Å². The lowest BCUT2D eigenvalue weighted by atomic mass is 10.1. The Morgan fingerprint density at radius 1 is 1.32 bits per heavy atom. The van der Waals surface area contributed by atoms with Crippen molar-refractivity contribution in [2.24, 2.45) is 0 Å². The first-order valence-corrected chi connectivity index (χ1v) is 7.76. The molecule has 2 aliphatic rings. The maximum Gasteiger partial charge on any atom is 0.341 e. The number of nitrogens with zero attached hydrogens (tertiary/aromatic N) is 2. The minimum atomic E-state index is -0.215. The molecule has 6 heteroatoms. The Bertz CT molecular complexity index is 570. The van der Waals surface area contributed by atoms with Gasteiger partial charge in [-0.25, -0.2) is 9.86 Å². The van der Waals surface area contributed by atoms with E-state index in [9.17, 15) is 9.59 Å². The number of hydrogen-bond donors (Lipinski definition) is 1. The van der Waals surface area contributed by atoms with Gasteiger partial charge in [0.15, 0.2) is 0 Å². The zero-order chi connectivity index (χ0) is 15.5. The molecule has 2 aliphatic heterocycles. The molecular weight excluding hydrogens is 282 g/mol. The molecule has 0 spiro atoms. The Kier molecular flexibility index (Phi) is 4.29. The normalized spacial score (nSPS) is 19.6. The van der Waals surface area contributed by atoms with Crippen LogP contribution in [0.25, 0.3) is 0 Å². The van der Waals surface area contributed by atoms with Gasteiger partial charge >= 0.3 is 6.03 Å². The van der Waals surface area contributed by atoms with Crippen LogP contribution in [0.1, 0.15) is 37.8 Å². The first-order valence-electron chi connectivity index (χ1n) is 7.76. The number of hydrogen-bond acceptors (Lipinski definition) is 3. The number of urea groups is 1. The van der Waals surface area contributed by atoms with Crippen LogP contribution in [0.3, 0.4) is 0 Å². The average molecular weight is 303 g/mol. The summed E-state index contributed by atoms with van der Waals surface area (Å²) < 4.78 is 0. The highest BCUT2D eigenvalue weighted by Gasteiger charge is 2.23. The van der Waals surface area contributed by atoms with E-state index < -0.39 is 0 Å². The number of hydroxylamine groups is 2. The fraction of sp³-hybridized carbons (Fsp3) is 0.500. The van der Waals surface area contributed by atoms with Crippen LogP contribution in [0.2, 0.25) is 0 Å². The van der Waals surface area contributed by atoms with E-state index in [1.165, 1.54) is 5.06 Å². The summed E-state index contributed by atoms with van der Waals surface area (Å²) in [7, 11) is 0. The number of anilines is 1. The SMILES string of the molecule is CC(NC(=O)N1CCCO1)c1cccc(N2CCCC2=O)c1. The number of nitrogens with one attached hydrogen (secondary N) is 1. The minimum absolute atomic E-state index is 0.144. The fourth-order valence-corrected chi connectivity index (χ4v) is 2.83. The van der Waals surface area contributed by atoms with Gasteiger partial charge in [-0.05, 0) is 37.5 Å². The second-order valence-corrected chi connectivity index (χ2v) is 5.70. The molecule has 2 heterocycles. The standard InChI is InChI=1S/C16H21N3O3/c1-12(17-16(21)19-9-4-10-22-19)13-5-2-6-14(11-13)18-8-3-7-15(18)20/h2,5-6,11-12H,3-4,7-10H2,1H3,(H,17,21). The van der Waals surface area contributed by atoms with E-state index in [4.69, 9.17) is 4.84 Å². The fourth-order valence-electron chi connectivity index (χ4n) is 2.83. The van der Waals surface area contributed by atoms with E-state index >= 15 is 0 Å². The maximum atomic E-state index is 12.0. The molecule has 1 aromatic rings. The van der Waals surface area contributed by atoms with Crippen molar-refractivity contribution >= 4 is 17.6 Å². The van der Waals surface area contributed by atoms with Crippen molar-refractivity contribution in [1.29, 1.82) is 0 Å². The van der Waals surface area contributed by atoms with Crippen LogP contribution in [0.15, 0.2) is 24.3 Å². The van der Waals surface area contributed by atoms with Crippen molar-refractivity contribution < 1.29 is 14.4 Å². The summed E-state index contributed by atoms with van der Waals surface area (Å²) in [5, 5.41) is 4.29. The summed E-state index contributed by atoms with van der Waals surface area (Å²) in [5.74, 6) is 0.166. The molecule has 22 heavy (non-hydrogen) atoms. The molecule has 0 radical (unpaired) electrons. The van der Waals surface area contributed by atoms with E-state index in [2.05, 4.69) is 5.32 Å². The molecule has 2 saturated heterocycles. The molecule has 6 nitrogen and oxygen atoms in total. The first-order chi connectivity index (χ1) is 10.6. The Hall–Kier alpha value is -2.08. The Morgan fingerprint density at radius 2 is 2.18 bits per heavy atom. The second kappa shape index (κ2) is 6.36. The van der Waals surface area contributed by atoms with Gasteiger partial charge in [-0.3, -0.25) is 9.63 Å². The molecule has 1 atom stereocenters. The van der Waals surface area contributed by atoms with E-state index in [0.29, 0.717) is 19.6 Å². The maximum absolute atomic E-state index is 12.0. The molecule has 0 bridgehead atoms. The molecule has 0 aromatic heterocycles. The molecule has 118 valence electrons. The van der Waals surface area contributed by atoms with Gasteiger partial charge in [-0.1, -0.05) is 12.1 Å². The zero-order valence-electron chi connectivity index (χ0n) is 12.7. The van der Waals surface area contributed by atoms with Gasteiger partial charge in [0.25, 0.3) is 0 Å². The van der Waals surface area contributed by atoms with Gasteiger partial charge in [-0.2, -0.15) is 0 Å². The lowest BCUT2D eigenvalue weighted by Crippen LogP contribution is -2.38. The summed E-state index contributed by atoms with van der Waals surface area (Å²) in [6.07, 6.45) is 2.39. The Labute approximate surface area is 130 Å². The largest absolute Gasteiger partial charge is 0.341 e. The summed E-state index contributed by atoms with van der Waals surface area (Å²) in [6, 6.07) is 7.43. The summed E-state index contributed by atoms with van der Waals surface area (Å²) in [4.78, 5) is 30.9. The molecule has 3 rings (SSSR count). The highest BCUT2D eigenvalue weighted by molar-refractivity contribution is 5.95. The quantitative estimate of drug-likeness (QED) is 0.931. The van der Waals surface area contributed by atoms with E-state index in [1.807, 2.05) is 36.1 Å². The van der Waals surface area contributed by atoms with Crippen LogP contribution in [0, 0.1) is 0 Å². The predicted octanol–water partition coefficient (Wildman–Crippen LogP) is 2.22. The van der Waals surface area contributed by atoms with E-state index in [0.717, 1.165) is 30.6 Å². The van der Waals surface area contributed by atoms with Crippen molar-refractivity contribution in [3.63, 3.8) is 0 Å². The highest BCUT2D eigenvalue weighted by atomic mass is 16.7. The molecule has 3 amide bonds. The zero-order valence-corrected chi connectivity index (χ0v) is 12.7. The average Bonchev–Trinajstić information content (AvgIpc) is 3.18. The van der Waals surface area contributed by atoms with Crippen LogP contribution < -0.4 is 10.2 Å². The van der Waals surface area contributed by atoms with Gasteiger partial charge in [0.1, 0.15) is 0 Å². The molecule has 1 N–H and O–H groups in total. The highest BCUT2D eigenvalue weighted by Crippen LogP contribution is 2.25. The van der Waals surface area contributed by atoms with Gasteiger partial charge in [0.05, 0.1) is 19.2 Å². The van der Waals surface area contributed by atoms with Crippen LogP contribution in [0.4, 0.5) is 10.5 Å². The van der Waals surface area contributed by atoms with E-state index in [1.54, 1.807) is 0 Å².